The van der Waals surface area contributed by atoms with Crippen molar-refractivity contribution in [1.82, 2.24) is 15.0 Å². The third-order valence-electron chi connectivity index (χ3n) is 4.05. The van der Waals surface area contributed by atoms with Gasteiger partial charge < -0.3 is 25.9 Å². The Morgan fingerprint density at radius 2 is 2.04 bits per heavy atom. The summed E-state index contributed by atoms with van der Waals surface area (Å²) in [5.41, 5.74) is 15.2. The third kappa shape index (κ3) is 3.38. The molecular weight excluding hydrogens is 318 g/mol. The number of hydrogen-bond donors (Lipinski definition) is 3. The van der Waals surface area contributed by atoms with Crippen molar-refractivity contribution in [3.05, 3.63) is 23.5 Å². The number of anilines is 1. The molecule has 0 spiro atoms. The lowest BCUT2D eigenvalue weighted by Crippen LogP contribution is -2.11. The predicted octanol–water partition coefficient (Wildman–Crippen LogP) is 2.52. The molecule has 3 aromatic rings. The molecule has 5 N–H and O–H groups in total. The second-order valence-corrected chi connectivity index (χ2v) is 5.86. The van der Waals surface area contributed by atoms with Crippen molar-refractivity contribution in [3.8, 4) is 5.75 Å². The summed E-state index contributed by atoms with van der Waals surface area (Å²) in [4.78, 5) is 12.5. The van der Waals surface area contributed by atoms with Crippen molar-refractivity contribution >= 4 is 27.8 Å². The molecule has 0 unspecified atom stereocenters. The molecule has 0 radical (unpaired) electrons. The average molecular weight is 343 g/mol. The number of benzene rings is 1. The van der Waals surface area contributed by atoms with Crippen LogP contribution in [-0.2, 0) is 17.8 Å². The van der Waals surface area contributed by atoms with Crippen LogP contribution >= 0.6 is 0 Å². The first-order valence-electron chi connectivity index (χ1n) is 8.69. The highest BCUT2D eigenvalue weighted by atomic mass is 16.5. The number of rotatable bonds is 8. The van der Waals surface area contributed by atoms with E-state index in [-0.39, 0.29) is 0 Å². The van der Waals surface area contributed by atoms with Crippen molar-refractivity contribution in [2.24, 2.45) is 5.73 Å². The smallest absolute Gasteiger partial charge is 0.150 e. The van der Waals surface area contributed by atoms with E-state index >= 15 is 0 Å². The van der Waals surface area contributed by atoms with Crippen LogP contribution in [0, 0.1) is 0 Å². The Balaban J connectivity index is 2.24. The SMILES string of the molecule is CCCc1c(OCCN)ccc2nc(N)c3[nH]c(COCC)nc3c12. The Morgan fingerprint density at radius 3 is 2.76 bits per heavy atom. The fourth-order valence-corrected chi connectivity index (χ4v) is 3.02. The molecule has 7 nitrogen and oxygen atoms in total. The molecule has 25 heavy (non-hydrogen) atoms. The lowest BCUT2D eigenvalue weighted by atomic mass is 10.0. The molecule has 1 aromatic carbocycles. The lowest BCUT2D eigenvalue weighted by molar-refractivity contribution is 0.129. The van der Waals surface area contributed by atoms with Crippen molar-refractivity contribution < 1.29 is 9.47 Å². The molecule has 2 aromatic heterocycles. The average Bonchev–Trinajstić information content (AvgIpc) is 3.04. The Labute approximate surface area is 146 Å². The molecule has 0 saturated heterocycles. The van der Waals surface area contributed by atoms with Gasteiger partial charge in [0, 0.05) is 24.1 Å². The summed E-state index contributed by atoms with van der Waals surface area (Å²) < 4.78 is 11.3. The van der Waals surface area contributed by atoms with E-state index in [4.69, 9.17) is 25.9 Å². The first-order valence-corrected chi connectivity index (χ1v) is 8.69. The van der Waals surface area contributed by atoms with E-state index in [1.165, 1.54) is 0 Å². The highest BCUT2D eigenvalue weighted by Crippen LogP contribution is 2.34. The number of imidazole rings is 1. The van der Waals surface area contributed by atoms with Crippen LogP contribution in [0.5, 0.6) is 5.75 Å². The quantitative estimate of drug-likeness (QED) is 0.579. The molecule has 0 amide bonds. The van der Waals surface area contributed by atoms with Crippen LogP contribution in [0.4, 0.5) is 5.82 Å². The van der Waals surface area contributed by atoms with Gasteiger partial charge in [-0.2, -0.15) is 0 Å². The number of hydrogen-bond acceptors (Lipinski definition) is 6. The number of aromatic amines is 1. The molecule has 0 atom stereocenters. The van der Waals surface area contributed by atoms with Gasteiger partial charge in [0.1, 0.15) is 41.6 Å². The van der Waals surface area contributed by atoms with Gasteiger partial charge in [0.05, 0.1) is 5.52 Å². The summed E-state index contributed by atoms with van der Waals surface area (Å²) in [6.45, 7) is 6.08. The van der Waals surface area contributed by atoms with E-state index in [1.54, 1.807) is 0 Å². The van der Waals surface area contributed by atoms with Crippen LogP contribution in [0.15, 0.2) is 12.1 Å². The first kappa shape index (κ1) is 17.4. The molecule has 0 fully saturated rings. The van der Waals surface area contributed by atoms with E-state index in [1.807, 2.05) is 19.1 Å². The van der Waals surface area contributed by atoms with E-state index in [0.29, 0.717) is 32.2 Å². The molecule has 0 aliphatic heterocycles. The molecule has 0 saturated carbocycles. The van der Waals surface area contributed by atoms with Crippen LogP contribution in [0.25, 0.3) is 21.9 Å². The van der Waals surface area contributed by atoms with Crippen LogP contribution in [0.2, 0.25) is 0 Å². The number of pyridine rings is 1. The van der Waals surface area contributed by atoms with Gasteiger partial charge in [-0.3, -0.25) is 0 Å². The Morgan fingerprint density at radius 1 is 1.20 bits per heavy atom. The molecule has 0 aliphatic rings. The topological polar surface area (TPSA) is 112 Å². The Hall–Kier alpha value is -2.38. The maximum Gasteiger partial charge on any atom is 0.150 e. The van der Waals surface area contributed by atoms with Gasteiger partial charge in [-0.05, 0) is 25.5 Å². The van der Waals surface area contributed by atoms with Crippen molar-refractivity contribution in [2.45, 2.75) is 33.3 Å². The number of aryl methyl sites for hydroxylation is 1. The minimum absolute atomic E-state index is 0.415. The van der Waals surface area contributed by atoms with Gasteiger partial charge in [0.15, 0.2) is 0 Å². The van der Waals surface area contributed by atoms with Crippen molar-refractivity contribution in [2.75, 3.05) is 25.5 Å². The van der Waals surface area contributed by atoms with Crippen molar-refractivity contribution in [1.29, 1.82) is 0 Å². The maximum atomic E-state index is 6.14. The molecule has 3 rings (SSSR count). The number of fused-ring (bicyclic) bond motifs is 3. The number of H-pyrrole nitrogens is 1. The number of nitrogen functional groups attached to an aromatic ring is 1. The minimum atomic E-state index is 0.415. The summed E-state index contributed by atoms with van der Waals surface area (Å²) in [5.74, 6) is 2.02. The zero-order valence-electron chi connectivity index (χ0n) is 14.8. The van der Waals surface area contributed by atoms with Gasteiger partial charge in [-0.1, -0.05) is 13.3 Å². The summed E-state index contributed by atoms with van der Waals surface area (Å²) in [7, 11) is 0. The third-order valence-corrected chi connectivity index (χ3v) is 4.05. The zero-order valence-corrected chi connectivity index (χ0v) is 14.8. The molecular formula is C18H25N5O2. The van der Waals surface area contributed by atoms with Crippen molar-refractivity contribution in [3.63, 3.8) is 0 Å². The largest absolute Gasteiger partial charge is 0.492 e. The Bertz CT molecular complexity index is 875. The number of nitrogens with one attached hydrogen (secondary N) is 1. The lowest BCUT2D eigenvalue weighted by Gasteiger charge is -2.14. The van der Waals surface area contributed by atoms with Gasteiger partial charge in [0.25, 0.3) is 0 Å². The van der Waals surface area contributed by atoms with Crippen LogP contribution in [-0.4, -0.2) is 34.7 Å². The summed E-state index contributed by atoms with van der Waals surface area (Å²) in [6, 6.07) is 3.86. The van der Waals surface area contributed by atoms with Crippen LogP contribution in [0.1, 0.15) is 31.7 Å². The fourth-order valence-electron chi connectivity index (χ4n) is 3.02. The van der Waals surface area contributed by atoms with Gasteiger partial charge in [0.2, 0.25) is 0 Å². The molecule has 0 aliphatic carbocycles. The number of aromatic nitrogens is 3. The van der Waals surface area contributed by atoms with Crippen LogP contribution in [0.3, 0.4) is 0 Å². The zero-order chi connectivity index (χ0) is 17.8. The summed E-state index contributed by atoms with van der Waals surface area (Å²) >= 11 is 0. The van der Waals surface area contributed by atoms with E-state index in [0.717, 1.165) is 51.9 Å². The Kier molecular flexibility index (Phi) is 5.35. The number of ether oxygens (including phenoxy) is 2. The van der Waals surface area contributed by atoms with Gasteiger partial charge in [-0.25, -0.2) is 9.97 Å². The maximum absolute atomic E-state index is 6.14. The predicted molar refractivity (Wildman–Crippen MR) is 99.7 cm³/mol. The van der Waals surface area contributed by atoms with E-state index in [9.17, 15) is 0 Å². The fraction of sp³-hybridized carbons (Fsp3) is 0.444. The standard InChI is InChI=1S/C18H25N5O2/c1-3-5-11-13(25-9-8-19)7-6-12-15(11)16-17(18(20)21-12)23-14(22-16)10-24-4-2/h6-7H,3-5,8-10,19H2,1-2H3,(H2,20,21)(H,22,23). The molecule has 7 heteroatoms. The second kappa shape index (κ2) is 7.67. The highest BCUT2D eigenvalue weighted by Gasteiger charge is 2.17. The van der Waals surface area contributed by atoms with E-state index < -0.39 is 0 Å². The minimum Gasteiger partial charge on any atom is -0.492 e. The molecule has 2 heterocycles. The summed E-state index contributed by atoms with van der Waals surface area (Å²) in [5, 5.41) is 0.986. The number of nitrogens with zero attached hydrogens (tertiary/aromatic N) is 2. The normalized spacial score (nSPS) is 11.5. The van der Waals surface area contributed by atoms with Gasteiger partial charge >= 0.3 is 0 Å². The number of nitrogens with two attached hydrogens (primary N) is 2. The van der Waals surface area contributed by atoms with Gasteiger partial charge in [-0.15, -0.1) is 0 Å². The molecule has 134 valence electrons. The second-order valence-electron chi connectivity index (χ2n) is 5.86. The van der Waals surface area contributed by atoms with Crippen LogP contribution < -0.4 is 16.2 Å². The molecule has 0 bridgehead atoms. The highest BCUT2D eigenvalue weighted by molar-refractivity contribution is 6.08. The monoisotopic (exact) mass is 343 g/mol. The summed E-state index contributed by atoms with van der Waals surface area (Å²) in [6.07, 6.45) is 1.85. The first-order chi connectivity index (χ1) is 12.2. The van der Waals surface area contributed by atoms with E-state index in [2.05, 4.69) is 16.9 Å².